The minimum Gasteiger partial charge on any atom is -0.331 e. The topological polar surface area (TPSA) is 4.44 Å². The van der Waals surface area contributed by atoms with Gasteiger partial charge in [0.05, 0.1) is 18.6 Å². The summed E-state index contributed by atoms with van der Waals surface area (Å²) >= 11 is 0. The lowest BCUT2D eigenvalue weighted by Gasteiger charge is -2.44. The molecule has 1 saturated carbocycles. The van der Waals surface area contributed by atoms with Gasteiger partial charge in [-0.1, -0.05) is 38.5 Å². The van der Waals surface area contributed by atoms with E-state index in [1.165, 1.54) is 57.9 Å². The number of quaternary nitrogens is 1. The molecule has 0 spiro atoms. The van der Waals surface area contributed by atoms with Crippen LogP contribution >= 0.6 is 0 Å². The van der Waals surface area contributed by atoms with Crippen LogP contribution in [0.25, 0.3) is 0 Å². The first-order valence-corrected chi connectivity index (χ1v) is 18.9. The highest BCUT2D eigenvalue weighted by Crippen LogP contribution is 2.31. The fraction of sp³-hybridized carbons (Fsp3) is 0.400. The van der Waals surface area contributed by atoms with Crippen LogP contribution in [0.1, 0.15) is 79.1 Å². The van der Waals surface area contributed by atoms with Crippen molar-refractivity contribution in [1.29, 1.82) is 0 Å². The molecule has 1 aliphatic rings. The van der Waals surface area contributed by atoms with Gasteiger partial charge in [0.2, 0.25) is 0 Å². The third kappa shape index (κ3) is 8.60. The van der Waals surface area contributed by atoms with Crippen LogP contribution < -0.4 is 26.8 Å². The first-order valence-electron chi connectivity index (χ1n) is 18.9. The highest BCUT2D eigenvalue weighted by molar-refractivity contribution is 7.20. The van der Waals surface area contributed by atoms with Gasteiger partial charge < -0.3 is 4.90 Å². The summed E-state index contributed by atoms with van der Waals surface area (Å²) in [4.78, 5) is 1.79. The van der Waals surface area contributed by atoms with Gasteiger partial charge in [0, 0.05) is 0 Å². The maximum absolute atomic E-state index is 15.4. The summed E-state index contributed by atoms with van der Waals surface area (Å²) in [6.45, 7) is 10.8. The number of rotatable bonds is 11. The maximum Gasteiger partial charge on any atom is 0.200 e. The fourth-order valence-corrected chi connectivity index (χ4v) is 8.36. The van der Waals surface area contributed by atoms with Crippen molar-refractivity contribution in [2.24, 2.45) is 5.92 Å². The molecule has 1 fully saturated rings. The number of benzene rings is 4. The normalized spacial score (nSPS) is 13.8. The minimum atomic E-state index is -7.22. The lowest BCUT2D eigenvalue weighted by atomic mass is 9.12. The molecule has 0 radical (unpaired) electrons. The van der Waals surface area contributed by atoms with Crippen LogP contribution in [0.2, 0.25) is 0 Å². The molecule has 1 nitrogen and oxygen atoms in total. The number of halogens is 20. The van der Waals surface area contributed by atoms with E-state index in [9.17, 15) is 52.7 Å². The van der Waals surface area contributed by atoms with E-state index in [0.29, 0.717) is 0 Å². The Balaban J connectivity index is 0.000000416. The molecular formula is C40H34BF20N. The van der Waals surface area contributed by atoms with Crippen LogP contribution in [0.15, 0.2) is 0 Å². The molecule has 342 valence electrons. The van der Waals surface area contributed by atoms with Crippen molar-refractivity contribution >= 4 is 28.0 Å². The average molecular weight is 919 g/mol. The quantitative estimate of drug-likeness (QED) is 0.0504. The predicted octanol–water partition coefficient (Wildman–Crippen LogP) is 9.28. The summed E-state index contributed by atoms with van der Waals surface area (Å²) < 4.78 is 294. The van der Waals surface area contributed by atoms with E-state index in [1.807, 2.05) is 0 Å². The van der Waals surface area contributed by atoms with Crippen LogP contribution in [0.3, 0.4) is 0 Å². The lowest BCUT2D eigenvalue weighted by Crippen LogP contribution is -3.17. The Kier molecular flexibility index (Phi) is 15.8. The first-order chi connectivity index (χ1) is 28.8. The summed E-state index contributed by atoms with van der Waals surface area (Å²) in [5, 5.41) is 0. The van der Waals surface area contributed by atoms with Crippen LogP contribution in [-0.2, 0) is 0 Å². The van der Waals surface area contributed by atoms with E-state index >= 15 is 35.1 Å². The van der Waals surface area contributed by atoms with Gasteiger partial charge in [-0.15, -0.1) is 21.9 Å². The van der Waals surface area contributed by atoms with Gasteiger partial charge in [-0.2, -0.15) is 0 Å². The maximum atomic E-state index is 15.4. The van der Waals surface area contributed by atoms with Crippen molar-refractivity contribution in [1.82, 2.24) is 0 Å². The zero-order valence-electron chi connectivity index (χ0n) is 32.7. The Morgan fingerprint density at radius 2 is 0.581 bits per heavy atom. The Morgan fingerprint density at radius 3 is 0.806 bits per heavy atom. The summed E-state index contributed by atoms with van der Waals surface area (Å²) in [5.41, 5.74) is -14.3. The molecule has 0 unspecified atom stereocenters. The molecule has 1 aliphatic carbocycles. The molecule has 0 bridgehead atoms. The highest BCUT2D eigenvalue weighted by Gasteiger charge is 2.52. The van der Waals surface area contributed by atoms with Crippen molar-refractivity contribution in [2.45, 2.75) is 91.1 Å². The molecule has 4 aromatic rings. The van der Waals surface area contributed by atoms with E-state index in [4.69, 9.17) is 0 Å². The summed E-state index contributed by atoms with van der Waals surface area (Å²) in [7, 11) is 0. The summed E-state index contributed by atoms with van der Waals surface area (Å²) in [6.07, 6.45) is 4.72. The van der Waals surface area contributed by atoms with Gasteiger partial charge in [0.15, 0.2) is 69.8 Å². The van der Waals surface area contributed by atoms with E-state index in [2.05, 4.69) is 27.7 Å². The van der Waals surface area contributed by atoms with E-state index in [0.717, 1.165) is 18.0 Å². The number of hydrogen-bond donors (Lipinski definition) is 1. The molecule has 0 aliphatic heterocycles. The molecule has 0 atom stereocenters. The Hall–Kier alpha value is -4.50. The number of hydrogen-bond acceptors (Lipinski definition) is 0. The molecular weight excluding hydrogens is 885 g/mol. The van der Waals surface area contributed by atoms with Crippen LogP contribution in [0.4, 0.5) is 87.8 Å². The molecule has 4 aromatic carbocycles. The zero-order valence-corrected chi connectivity index (χ0v) is 32.7. The van der Waals surface area contributed by atoms with Gasteiger partial charge in [-0.3, -0.25) is 0 Å². The Morgan fingerprint density at radius 1 is 0.355 bits per heavy atom. The molecule has 22 heteroatoms. The van der Waals surface area contributed by atoms with Gasteiger partial charge in [-0.05, 0) is 46.5 Å². The monoisotopic (exact) mass is 919 g/mol. The second-order valence-corrected chi connectivity index (χ2v) is 15.4. The lowest BCUT2D eigenvalue weighted by molar-refractivity contribution is -0.942. The smallest absolute Gasteiger partial charge is 0.200 e. The SMILES string of the molecule is CC(C)[NH+](CCCCC1CCCCC1)C(C)C.Fc1c(F)c(F)c([B-](c2c(F)c(F)c(F)c(F)c2F)(c2c(F)c(F)c(F)c(F)c2F)c2c(F)c(F)c(F)c(F)c2F)c(F)c1F. The van der Waals surface area contributed by atoms with Crippen molar-refractivity contribution in [3.63, 3.8) is 0 Å². The number of nitrogens with one attached hydrogen (secondary N) is 1. The second kappa shape index (κ2) is 19.5. The third-order valence-electron chi connectivity index (χ3n) is 11.2. The van der Waals surface area contributed by atoms with Crippen LogP contribution in [-0.4, -0.2) is 24.8 Å². The molecule has 0 heterocycles. The highest BCUT2D eigenvalue weighted by atomic mass is 19.2. The van der Waals surface area contributed by atoms with Crippen LogP contribution in [0.5, 0.6) is 0 Å². The van der Waals surface area contributed by atoms with Crippen molar-refractivity contribution < 1.29 is 92.7 Å². The van der Waals surface area contributed by atoms with E-state index in [-0.39, 0.29) is 0 Å². The van der Waals surface area contributed by atoms with Crippen LogP contribution in [0, 0.1) is 122 Å². The Labute approximate surface area is 340 Å². The molecule has 0 aromatic heterocycles. The summed E-state index contributed by atoms with van der Waals surface area (Å²) in [5.74, 6) is -70.3. The van der Waals surface area contributed by atoms with E-state index in [1.54, 1.807) is 4.90 Å². The fourth-order valence-electron chi connectivity index (χ4n) is 8.36. The largest absolute Gasteiger partial charge is 0.331 e. The number of unbranched alkanes of at least 4 members (excludes halogenated alkanes) is 1. The predicted molar refractivity (Wildman–Crippen MR) is 186 cm³/mol. The van der Waals surface area contributed by atoms with Gasteiger partial charge in [0.25, 0.3) is 0 Å². The first kappa shape index (κ1) is 50.2. The van der Waals surface area contributed by atoms with Crippen molar-refractivity contribution in [3.05, 3.63) is 116 Å². The molecule has 1 N–H and O–H groups in total. The molecule has 62 heavy (non-hydrogen) atoms. The Bertz CT molecular complexity index is 1930. The van der Waals surface area contributed by atoms with Gasteiger partial charge >= 0.3 is 0 Å². The molecule has 5 rings (SSSR count). The average Bonchev–Trinajstić information content (AvgIpc) is 3.23. The van der Waals surface area contributed by atoms with Crippen molar-refractivity contribution in [2.75, 3.05) is 6.54 Å². The third-order valence-corrected chi connectivity index (χ3v) is 11.2. The van der Waals surface area contributed by atoms with Crippen molar-refractivity contribution in [3.8, 4) is 0 Å². The van der Waals surface area contributed by atoms with E-state index < -0.39 is 144 Å². The zero-order chi connectivity index (χ0) is 47.0. The standard InChI is InChI=1S/C24BF20.C16H33N/c26-5-1(6(27)14(35)21(42)13(5)34)25(2-7(28)15(36)22(43)16(37)8(2)29,3-9(30)17(38)23(44)18(39)10(3)31)4-11(32)19(40)24(45)20(41)12(4)33;1-14(2)17(15(3)4)13-9-8-12-16-10-6-5-7-11-16/h;14-16H,5-13H2,1-4H3/q-1;/p+1. The molecule has 0 saturated heterocycles. The minimum absolute atomic E-state index is 0.782. The molecule has 0 amide bonds. The van der Waals surface area contributed by atoms with Gasteiger partial charge in [-0.25, -0.2) is 87.8 Å². The second-order valence-electron chi connectivity index (χ2n) is 15.4. The summed E-state index contributed by atoms with van der Waals surface area (Å²) in [6, 6.07) is 1.56. The van der Waals surface area contributed by atoms with Gasteiger partial charge in [0.1, 0.15) is 52.7 Å².